The van der Waals surface area contributed by atoms with Crippen molar-refractivity contribution in [1.82, 2.24) is 24.9 Å². The molecule has 0 spiro atoms. The maximum Gasteiger partial charge on any atom is 0.244 e. The van der Waals surface area contributed by atoms with Crippen LogP contribution in [0.5, 0.6) is 0 Å². The lowest BCUT2D eigenvalue weighted by molar-refractivity contribution is -0.133. The number of piperidine rings is 1. The van der Waals surface area contributed by atoms with Gasteiger partial charge in [-0.2, -0.15) is 5.10 Å². The Hall–Kier alpha value is -3.07. The third kappa shape index (κ3) is 4.72. The molecule has 3 aromatic rings. The lowest BCUT2D eigenvalue weighted by atomic mass is 9.97. The molecule has 32 heavy (non-hydrogen) atoms. The number of carbonyl (C=O) groups excluding carboxylic acids is 1. The van der Waals surface area contributed by atoms with Gasteiger partial charge in [-0.15, -0.1) is 10.2 Å². The molecule has 1 amide bonds. The molecular weight excluding hydrogens is 413 g/mol. The number of nitrogens with zero attached hydrogens (tertiary/aromatic N) is 5. The summed E-state index contributed by atoms with van der Waals surface area (Å²) in [7, 11) is 1.58. The van der Waals surface area contributed by atoms with E-state index < -0.39 is 0 Å². The fraction of sp³-hybridized carbons (Fsp3) is 0.478. The van der Waals surface area contributed by atoms with E-state index in [0.717, 1.165) is 36.2 Å². The van der Waals surface area contributed by atoms with Crippen LogP contribution >= 0.6 is 0 Å². The first-order valence-corrected chi connectivity index (χ1v) is 10.9. The molecule has 170 valence electrons. The standard InChI is InChI=1S/C23H28FN5O3/c1-4-18-12-20(17-5-6-19(24)15(2)11-17)27-29(18)13-22(30)28-9-7-16(8-10-28)23-26-25-21(32-23)14-31-3/h5-6,11-12,16H,4,7-10,13-14H2,1-3H3. The van der Waals surface area contributed by atoms with Crippen LogP contribution < -0.4 is 0 Å². The van der Waals surface area contributed by atoms with Gasteiger partial charge in [-0.25, -0.2) is 4.39 Å². The predicted octanol–water partition coefficient (Wildman–Crippen LogP) is 3.50. The van der Waals surface area contributed by atoms with E-state index in [-0.39, 0.29) is 24.2 Å². The van der Waals surface area contributed by atoms with E-state index in [0.29, 0.717) is 37.0 Å². The number of benzene rings is 1. The Morgan fingerprint density at radius 1 is 1.25 bits per heavy atom. The van der Waals surface area contributed by atoms with E-state index in [9.17, 15) is 9.18 Å². The van der Waals surface area contributed by atoms with Gasteiger partial charge in [-0.05, 0) is 56.0 Å². The molecule has 0 saturated carbocycles. The van der Waals surface area contributed by atoms with Gasteiger partial charge in [-0.3, -0.25) is 9.48 Å². The molecule has 0 radical (unpaired) electrons. The topological polar surface area (TPSA) is 86.3 Å². The zero-order chi connectivity index (χ0) is 22.7. The SMILES string of the molecule is CCc1cc(-c2ccc(F)c(C)c2)nn1CC(=O)N1CCC(c2nnc(COC)o2)CC1. The molecule has 1 aliphatic rings. The first kappa shape index (κ1) is 22.1. The van der Waals surface area contributed by atoms with Crippen molar-refractivity contribution in [3.8, 4) is 11.3 Å². The number of amides is 1. The summed E-state index contributed by atoms with van der Waals surface area (Å²) in [5, 5.41) is 12.8. The zero-order valence-corrected chi connectivity index (χ0v) is 18.7. The molecule has 1 saturated heterocycles. The maximum atomic E-state index is 13.6. The molecule has 9 heteroatoms. The molecule has 2 aromatic heterocycles. The molecule has 1 fully saturated rings. The van der Waals surface area contributed by atoms with Gasteiger partial charge in [0, 0.05) is 37.4 Å². The van der Waals surface area contributed by atoms with Gasteiger partial charge in [0.25, 0.3) is 0 Å². The Kier molecular flexibility index (Phi) is 6.64. The van der Waals surface area contributed by atoms with Crippen molar-refractivity contribution >= 4 is 5.91 Å². The van der Waals surface area contributed by atoms with Gasteiger partial charge >= 0.3 is 0 Å². The third-order valence-corrected chi connectivity index (χ3v) is 5.91. The average Bonchev–Trinajstić information content (AvgIpc) is 3.43. The van der Waals surface area contributed by atoms with E-state index in [1.165, 1.54) is 6.07 Å². The van der Waals surface area contributed by atoms with Crippen LogP contribution in [-0.4, -0.2) is 51.0 Å². The number of likely N-dealkylation sites (tertiary alicyclic amines) is 1. The molecule has 1 aromatic carbocycles. The first-order valence-electron chi connectivity index (χ1n) is 10.9. The molecule has 0 N–H and O–H groups in total. The van der Waals surface area contributed by atoms with Crippen LogP contribution in [-0.2, 0) is 29.1 Å². The smallest absolute Gasteiger partial charge is 0.244 e. The second-order valence-electron chi connectivity index (χ2n) is 8.12. The molecular formula is C23H28FN5O3. The van der Waals surface area contributed by atoms with Crippen molar-refractivity contribution in [3.63, 3.8) is 0 Å². The van der Waals surface area contributed by atoms with Crippen LogP contribution in [0.3, 0.4) is 0 Å². The highest BCUT2D eigenvalue weighted by Crippen LogP contribution is 2.28. The largest absolute Gasteiger partial charge is 0.422 e. The van der Waals surface area contributed by atoms with E-state index in [4.69, 9.17) is 9.15 Å². The second kappa shape index (κ2) is 9.60. The number of ether oxygens (including phenoxy) is 1. The number of aromatic nitrogens is 4. The van der Waals surface area contributed by atoms with Gasteiger partial charge in [0.1, 0.15) is 19.0 Å². The number of rotatable bonds is 7. The number of halogens is 1. The lowest BCUT2D eigenvalue weighted by Crippen LogP contribution is -2.40. The number of carbonyl (C=O) groups is 1. The van der Waals surface area contributed by atoms with Crippen LogP contribution in [0.1, 0.15) is 48.7 Å². The van der Waals surface area contributed by atoms with Gasteiger partial charge in [-0.1, -0.05) is 6.92 Å². The Balaban J connectivity index is 1.39. The minimum absolute atomic E-state index is 0.0358. The Labute approximate surface area is 186 Å². The Morgan fingerprint density at radius 2 is 2.03 bits per heavy atom. The summed E-state index contributed by atoms with van der Waals surface area (Å²) >= 11 is 0. The first-order chi connectivity index (χ1) is 15.5. The molecule has 0 bridgehead atoms. The molecule has 0 aliphatic carbocycles. The monoisotopic (exact) mass is 441 g/mol. The summed E-state index contributed by atoms with van der Waals surface area (Å²) in [4.78, 5) is 14.8. The summed E-state index contributed by atoms with van der Waals surface area (Å²) < 4.78 is 26.1. The molecule has 0 atom stereocenters. The van der Waals surface area contributed by atoms with Gasteiger partial charge in [0.2, 0.25) is 17.7 Å². The minimum atomic E-state index is -0.238. The summed E-state index contributed by atoms with van der Waals surface area (Å²) in [5.74, 6) is 1.04. The normalized spacial score (nSPS) is 14.8. The molecule has 0 unspecified atom stereocenters. The van der Waals surface area contributed by atoms with Crippen molar-refractivity contribution < 1.29 is 18.3 Å². The number of hydrogen-bond donors (Lipinski definition) is 0. The summed E-state index contributed by atoms with van der Waals surface area (Å²) in [5.41, 5.74) is 3.14. The van der Waals surface area contributed by atoms with Gasteiger partial charge in [0.15, 0.2) is 0 Å². The van der Waals surface area contributed by atoms with Crippen LogP contribution in [0.25, 0.3) is 11.3 Å². The van der Waals surface area contributed by atoms with Crippen molar-refractivity contribution in [1.29, 1.82) is 0 Å². The van der Waals surface area contributed by atoms with Crippen LogP contribution in [0.4, 0.5) is 4.39 Å². The van der Waals surface area contributed by atoms with E-state index in [1.54, 1.807) is 30.8 Å². The maximum absolute atomic E-state index is 13.6. The third-order valence-electron chi connectivity index (χ3n) is 5.91. The molecule has 8 nitrogen and oxygen atoms in total. The van der Waals surface area contributed by atoms with Crippen molar-refractivity contribution in [3.05, 3.63) is 53.1 Å². The lowest BCUT2D eigenvalue weighted by Gasteiger charge is -2.30. The van der Waals surface area contributed by atoms with Crippen molar-refractivity contribution in [2.45, 2.75) is 52.2 Å². The fourth-order valence-electron chi connectivity index (χ4n) is 4.04. The van der Waals surface area contributed by atoms with Gasteiger partial charge < -0.3 is 14.1 Å². The van der Waals surface area contributed by atoms with E-state index in [1.807, 2.05) is 17.9 Å². The predicted molar refractivity (Wildman–Crippen MR) is 115 cm³/mol. The number of methoxy groups -OCH3 is 1. The minimum Gasteiger partial charge on any atom is -0.422 e. The zero-order valence-electron chi connectivity index (χ0n) is 18.7. The Morgan fingerprint density at radius 3 is 2.72 bits per heavy atom. The molecule has 3 heterocycles. The number of aryl methyl sites for hydroxylation is 2. The molecule has 1 aliphatic heterocycles. The van der Waals surface area contributed by atoms with E-state index in [2.05, 4.69) is 15.3 Å². The van der Waals surface area contributed by atoms with Crippen molar-refractivity contribution in [2.24, 2.45) is 0 Å². The van der Waals surface area contributed by atoms with Crippen LogP contribution in [0.2, 0.25) is 0 Å². The highest BCUT2D eigenvalue weighted by molar-refractivity contribution is 5.76. The van der Waals surface area contributed by atoms with Crippen LogP contribution in [0.15, 0.2) is 28.7 Å². The highest BCUT2D eigenvalue weighted by atomic mass is 19.1. The summed E-state index contributed by atoms with van der Waals surface area (Å²) in [6.45, 7) is 5.53. The van der Waals surface area contributed by atoms with Gasteiger partial charge in [0.05, 0.1) is 5.69 Å². The summed E-state index contributed by atoms with van der Waals surface area (Å²) in [6.07, 6.45) is 2.31. The van der Waals surface area contributed by atoms with Crippen molar-refractivity contribution in [2.75, 3.05) is 20.2 Å². The quantitative estimate of drug-likeness (QED) is 0.558. The summed E-state index contributed by atoms with van der Waals surface area (Å²) in [6, 6.07) is 6.92. The second-order valence-corrected chi connectivity index (χ2v) is 8.12. The molecule has 4 rings (SSSR count). The van der Waals surface area contributed by atoms with E-state index >= 15 is 0 Å². The Bertz CT molecular complexity index is 1090. The fourth-order valence-corrected chi connectivity index (χ4v) is 4.04. The van der Waals surface area contributed by atoms with Crippen LogP contribution in [0, 0.1) is 12.7 Å². The highest BCUT2D eigenvalue weighted by Gasteiger charge is 2.28. The number of hydrogen-bond acceptors (Lipinski definition) is 6. The average molecular weight is 442 g/mol.